The second-order valence-electron chi connectivity index (χ2n) is 8.77. The van der Waals surface area contributed by atoms with Gasteiger partial charge in [0.05, 0.1) is 12.1 Å². The Morgan fingerprint density at radius 2 is 1.68 bits per heavy atom. The summed E-state index contributed by atoms with van der Waals surface area (Å²) < 4.78 is 39.3. The Morgan fingerprint density at radius 3 is 2.38 bits per heavy atom. The molecule has 0 aliphatic carbocycles. The minimum Gasteiger partial charge on any atom is -0.368 e. The molecule has 4 heterocycles. The topological polar surface area (TPSA) is 82.4 Å². The predicted octanol–water partition coefficient (Wildman–Crippen LogP) is 4.55. The lowest BCUT2D eigenvalue weighted by atomic mass is 10.1. The molecular formula is C26H25F3N8. The van der Waals surface area contributed by atoms with Crippen molar-refractivity contribution >= 4 is 35.6 Å². The first-order valence-electron chi connectivity index (χ1n) is 11.8. The zero-order valence-corrected chi connectivity index (χ0v) is 20.2. The van der Waals surface area contributed by atoms with E-state index in [0.29, 0.717) is 48.8 Å². The lowest BCUT2D eigenvalue weighted by molar-refractivity contribution is -0.137. The van der Waals surface area contributed by atoms with E-state index in [9.17, 15) is 13.2 Å². The van der Waals surface area contributed by atoms with Crippen LogP contribution in [0.15, 0.2) is 65.4 Å². The molecule has 8 nitrogen and oxygen atoms in total. The van der Waals surface area contributed by atoms with Crippen LogP contribution in [0.5, 0.6) is 0 Å². The minimum absolute atomic E-state index is 0.329. The van der Waals surface area contributed by atoms with Gasteiger partial charge in [-0.25, -0.2) is 0 Å². The molecule has 1 saturated heterocycles. The van der Waals surface area contributed by atoms with Gasteiger partial charge in [-0.1, -0.05) is 18.2 Å². The van der Waals surface area contributed by atoms with Crippen molar-refractivity contribution in [2.24, 2.45) is 4.99 Å². The third-order valence-corrected chi connectivity index (χ3v) is 5.99. The normalized spacial score (nSPS) is 16.2. The Morgan fingerprint density at radius 1 is 0.919 bits per heavy atom. The van der Waals surface area contributed by atoms with Gasteiger partial charge in [0, 0.05) is 44.3 Å². The van der Waals surface area contributed by atoms with Crippen LogP contribution in [-0.4, -0.2) is 58.5 Å². The van der Waals surface area contributed by atoms with E-state index in [4.69, 9.17) is 0 Å². The maximum atomic E-state index is 13.1. The highest BCUT2D eigenvalue weighted by molar-refractivity contribution is 6.04. The van der Waals surface area contributed by atoms with Crippen LogP contribution in [0.3, 0.4) is 0 Å². The first kappa shape index (κ1) is 24.4. The van der Waals surface area contributed by atoms with Gasteiger partial charge in [0.1, 0.15) is 5.84 Å². The molecule has 5 rings (SSSR count). The summed E-state index contributed by atoms with van der Waals surface area (Å²) in [6.45, 7) is 5.55. The third-order valence-electron chi connectivity index (χ3n) is 5.99. The Labute approximate surface area is 212 Å². The molecule has 3 aromatic rings. The zero-order chi connectivity index (χ0) is 25.8. The van der Waals surface area contributed by atoms with Crippen molar-refractivity contribution in [2.45, 2.75) is 13.1 Å². The van der Waals surface area contributed by atoms with Gasteiger partial charge in [0.15, 0.2) is 5.82 Å². The molecule has 0 saturated carbocycles. The number of benzene rings is 1. The molecule has 0 atom stereocenters. The quantitative estimate of drug-likeness (QED) is 0.544. The molecule has 2 aliphatic heterocycles. The second kappa shape index (κ2) is 10.4. The van der Waals surface area contributed by atoms with E-state index >= 15 is 0 Å². The molecule has 0 amide bonds. The molecule has 1 aromatic carbocycles. The number of pyridine rings is 1. The highest BCUT2D eigenvalue weighted by Crippen LogP contribution is 2.30. The Kier molecular flexibility index (Phi) is 6.85. The third kappa shape index (κ3) is 6.11. The van der Waals surface area contributed by atoms with Gasteiger partial charge in [0.2, 0.25) is 11.9 Å². The van der Waals surface area contributed by atoms with Crippen LogP contribution in [0.25, 0.3) is 12.2 Å². The summed E-state index contributed by atoms with van der Waals surface area (Å²) in [5.41, 5.74) is 1.92. The molecule has 0 bridgehead atoms. The molecule has 190 valence electrons. The fourth-order valence-corrected chi connectivity index (χ4v) is 4.09. The summed E-state index contributed by atoms with van der Waals surface area (Å²) in [7, 11) is 0. The summed E-state index contributed by atoms with van der Waals surface area (Å²) >= 11 is 0. The molecule has 2 aliphatic rings. The van der Waals surface area contributed by atoms with Crippen LogP contribution in [0, 0.1) is 0 Å². The molecule has 1 fully saturated rings. The van der Waals surface area contributed by atoms with Crippen LogP contribution in [0.4, 0.5) is 30.8 Å². The van der Waals surface area contributed by atoms with E-state index in [1.54, 1.807) is 30.6 Å². The summed E-state index contributed by atoms with van der Waals surface area (Å²) in [5.74, 6) is 1.82. The standard InChI is InChI=1S/C26H25F3N8/c1-18-15-23(31-17-18)33-24-32-22(6-5-19-3-2-4-20(16-19)26(27,28)29)34-25(35-24)37-13-11-36(12-14-37)21-7-9-30-10-8-21/h2-10,15-16H,11-14,17H2,1H3,(H,31,32,33,34,35)/b6-5+. The van der Waals surface area contributed by atoms with E-state index in [1.807, 2.05) is 25.1 Å². The number of halogens is 3. The fourth-order valence-electron chi connectivity index (χ4n) is 4.09. The number of rotatable bonds is 5. The maximum absolute atomic E-state index is 13.1. The van der Waals surface area contributed by atoms with Crippen LogP contribution >= 0.6 is 0 Å². The van der Waals surface area contributed by atoms with Crippen molar-refractivity contribution < 1.29 is 13.2 Å². The van der Waals surface area contributed by atoms with Gasteiger partial charge < -0.3 is 15.1 Å². The van der Waals surface area contributed by atoms with Crippen LogP contribution in [-0.2, 0) is 6.18 Å². The maximum Gasteiger partial charge on any atom is 0.416 e. The van der Waals surface area contributed by atoms with Crippen LogP contribution < -0.4 is 15.1 Å². The predicted molar refractivity (Wildman–Crippen MR) is 139 cm³/mol. The summed E-state index contributed by atoms with van der Waals surface area (Å²) in [6, 6.07) is 9.08. The lowest BCUT2D eigenvalue weighted by Crippen LogP contribution is -2.47. The largest absolute Gasteiger partial charge is 0.416 e. The molecule has 0 spiro atoms. The fraction of sp³-hybridized carbons (Fsp3) is 0.269. The molecule has 1 N–H and O–H groups in total. The average molecular weight is 507 g/mol. The second-order valence-corrected chi connectivity index (χ2v) is 8.77. The van der Waals surface area contributed by atoms with Gasteiger partial charge in [-0.05, 0) is 54.5 Å². The summed E-state index contributed by atoms with van der Waals surface area (Å²) in [5, 5.41) is 3.14. The van der Waals surface area contributed by atoms with Crippen molar-refractivity contribution in [1.82, 2.24) is 19.9 Å². The molecule has 11 heteroatoms. The summed E-state index contributed by atoms with van der Waals surface area (Å²) in [4.78, 5) is 26.5. The molecule has 37 heavy (non-hydrogen) atoms. The van der Waals surface area contributed by atoms with Gasteiger partial charge in [0.25, 0.3) is 0 Å². The molecule has 2 aromatic heterocycles. The lowest BCUT2D eigenvalue weighted by Gasteiger charge is -2.36. The van der Waals surface area contributed by atoms with Gasteiger partial charge >= 0.3 is 6.18 Å². The number of nitrogens with zero attached hydrogens (tertiary/aromatic N) is 7. The number of hydrogen-bond donors (Lipinski definition) is 1. The highest BCUT2D eigenvalue weighted by atomic mass is 19.4. The first-order chi connectivity index (χ1) is 17.8. The van der Waals surface area contributed by atoms with E-state index < -0.39 is 11.7 Å². The van der Waals surface area contributed by atoms with Crippen molar-refractivity contribution in [3.63, 3.8) is 0 Å². The smallest absolute Gasteiger partial charge is 0.368 e. The number of anilines is 3. The number of alkyl halides is 3. The number of amidine groups is 1. The van der Waals surface area contributed by atoms with Gasteiger partial charge in [-0.2, -0.15) is 28.1 Å². The van der Waals surface area contributed by atoms with Gasteiger partial charge in [-0.15, -0.1) is 0 Å². The van der Waals surface area contributed by atoms with Crippen LogP contribution in [0.2, 0.25) is 0 Å². The highest BCUT2D eigenvalue weighted by Gasteiger charge is 2.30. The zero-order valence-electron chi connectivity index (χ0n) is 20.2. The van der Waals surface area contributed by atoms with Crippen molar-refractivity contribution in [3.8, 4) is 0 Å². The minimum atomic E-state index is -4.41. The molecule has 0 unspecified atom stereocenters. The summed E-state index contributed by atoms with van der Waals surface area (Å²) in [6.07, 6.45) is 4.22. The van der Waals surface area contributed by atoms with E-state index in [1.165, 1.54) is 6.07 Å². The SMILES string of the molecule is CC1=CC(Nc2nc(/C=C/c3cccc(C(F)(F)F)c3)nc(N3CCN(c4ccncc4)CC3)n2)=NC1. The van der Waals surface area contributed by atoms with Crippen molar-refractivity contribution in [3.05, 3.63) is 77.4 Å². The average Bonchev–Trinajstić information content (AvgIpc) is 3.32. The van der Waals surface area contributed by atoms with Crippen molar-refractivity contribution in [2.75, 3.05) is 47.8 Å². The Hall–Kier alpha value is -4.28. The van der Waals surface area contributed by atoms with Crippen molar-refractivity contribution in [1.29, 1.82) is 0 Å². The van der Waals surface area contributed by atoms with E-state index in [0.717, 1.165) is 36.5 Å². The van der Waals surface area contributed by atoms with Crippen LogP contribution in [0.1, 0.15) is 23.9 Å². The number of nitrogens with one attached hydrogen (secondary N) is 1. The number of aliphatic imine (C=N–C) groups is 1. The first-order valence-corrected chi connectivity index (χ1v) is 11.8. The number of piperazine rings is 1. The van der Waals surface area contributed by atoms with E-state index in [-0.39, 0.29) is 0 Å². The number of hydrogen-bond acceptors (Lipinski definition) is 8. The number of aromatic nitrogens is 4. The molecular weight excluding hydrogens is 481 g/mol. The molecule has 0 radical (unpaired) electrons. The monoisotopic (exact) mass is 506 g/mol. The van der Waals surface area contributed by atoms with E-state index in [2.05, 4.69) is 40.0 Å². The van der Waals surface area contributed by atoms with Gasteiger partial charge in [-0.3, -0.25) is 9.98 Å². The Balaban J connectivity index is 1.39. The Bertz CT molecular complexity index is 1340.